The standard InChI is InChI=1S/C35H33N3O9/c1-5-45-32(36-26(39)20-14-8-9-15-21(20)27(36)40)35(4,33(46-6-2)37-28(41)22-16-10-11-17-23(22)29(37)42)34(47-7-3)38-30(43)24-18-12-13-19-25(24)31(38)44/h8-19,32-34H,5-7H2,1-4H3. The molecule has 0 N–H and O–H groups in total. The van der Waals surface area contributed by atoms with E-state index in [1.165, 1.54) is 43.3 Å². The molecule has 3 aromatic rings. The molecule has 12 heteroatoms. The van der Waals surface area contributed by atoms with Crippen molar-refractivity contribution in [1.82, 2.24) is 14.7 Å². The number of ether oxygens (including phenoxy) is 3. The van der Waals surface area contributed by atoms with E-state index in [1.807, 2.05) is 0 Å². The van der Waals surface area contributed by atoms with Gasteiger partial charge in [0.25, 0.3) is 35.4 Å². The highest BCUT2D eigenvalue weighted by molar-refractivity contribution is 6.23. The zero-order valence-electron chi connectivity index (χ0n) is 26.3. The van der Waals surface area contributed by atoms with Gasteiger partial charge >= 0.3 is 0 Å². The minimum absolute atomic E-state index is 0.0599. The molecule has 3 atom stereocenters. The van der Waals surface area contributed by atoms with Crippen LogP contribution in [-0.2, 0) is 14.2 Å². The lowest BCUT2D eigenvalue weighted by molar-refractivity contribution is -0.245. The topological polar surface area (TPSA) is 140 Å². The Balaban J connectivity index is 1.60. The van der Waals surface area contributed by atoms with Crippen molar-refractivity contribution >= 4 is 35.4 Å². The Morgan fingerprint density at radius 1 is 0.447 bits per heavy atom. The van der Waals surface area contributed by atoms with Crippen LogP contribution in [0.5, 0.6) is 0 Å². The summed E-state index contributed by atoms with van der Waals surface area (Å²) in [6.07, 6.45) is -4.87. The van der Waals surface area contributed by atoms with Crippen molar-refractivity contribution in [2.75, 3.05) is 19.8 Å². The van der Waals surface area contributed by atoms with Gasteiger partial charge in [-0.1, -0.05) is 36.4 Å². The molecular weight excluding hydrogens is 606 g/mol. The number of hydrogen-bond donors (Lipinski definition) is 0. The largest absolute Gasteiger partial charge is 0.357 e. The van der Waals surface area contributed by atoms with Gasteiger partial charge in [-0.3, -0.25) is 28.8 Å². The zero-order chi connectivity index (χ0) is 33.6. The highest BCUT2D eigenvalue weighted by Crippen LogP contribution is 2.46. The number of rotatable bonds is 12. The van der Waals surface area contributed by atoms with Gasteiger partial charge in [0, 0.05) is 19.8 Å². The van der Waals surface area contributed by atoms with E-state index in [-0.39, 0.29) is 53.2 Å². The Morgan fingerprint density at radius 2 is 0.638 bits per heavy atom. The Kier molecular flexibility index (Phi) is 8.35. The summed E-state index contributed by atoms with van der Waals surface area (Å²) in [5.41, 5.74) is -1.28. The van der Waals surface area contributed by atoms with E-state index < -0.39 is 59.5 Å². The van der Waals surface area contributed by atoms with Gasteiger partial charge in [-0.15, -0.1) is 0 Å². The Labute approximate surface area is 270 Å². The second kappa shape index (κ2) is 12.3. The van der Waals surface area contributed by atoms with Crippen LogP contribution in [0.15, 0.2) is 72.8 Å². The Morgan fingerprint density at radius 3 is 0.809 bits per heavy atom. The summed E-state index contributed by atoms with van der Waals surface area (Å²) in [6, 6.07) is 18.7. The summed E-state index contributed by atoms with van der Waals surface area (Å²) in [5.74, 6) is -4.22. The van der Waals surface area contributed by atoms with Crippen LogP contribution in [0, 0.1) is 5.41 Å². The summed E-state index contributed by atoms with van der Waals surface area (Å²) >= 11 is 0. The maximum absolute atomic E-state index is 14.0. The van der Waals surface area contributed by atoms with Gasteiger partial charge in [0.15, 0.2) is 18.7 Å². The van der Waals surface area contributed by atoms with Crippen molar-refractivity contribution in [3.63, 3.8) is 0 Å². The first-order valence-corrected chi connectivity index (χ1v) is 15.4. The molecule has 3 heterocycles. The molecule has 0 radical (unpaired) electrons. The minimum Gasteiger partial charge on any atom is -0.357 e. The Bertz CT molecular complexity index is 1510. The quantitative estimate of drug-likeness (QED) is 0.269. The third kappa shape index (κ3) is 4.70. The molecule has 3 aromatic carbocycles. The normalized spacial score (nSPS) is 18.8. The molecule has 0 aliphatic carbocycles. The van der Waals surface area contributed by atoms with E-state index >= 15 is 0 Å². The van der Waals surface area contributed by atoms with E-state index in [4.69, 9.17) is 14.2 Å². The lowest BCUT2D eigenvalue weighted by atomic mass is 9.80. The number of amides is 6. The number of carbonyl (C=O) groups is 6. The molecular formula is C35H33N3O9. The Hall–Kier alpha value is -5.04. The third-order valence-corrected chi connectivity index (χ3v) is 8.75. The first-order chi connectivity index (χ1) is 22.6. The molecule has 0 aromatic heterocycles. The predicted molar refractivity (Wildman–Crippen MR) is 165 cm³/mol. The van der Waals surface area contributed by atoms with E-state index in [1.54, 1.807) is 57.2 Å². The predicted octanol–water partition coefficient (Wildman–Crippen LogP) is 3.97. The summed E-state index contributed by atoms with van der Waals surface area (Å²) in [7, 11) is 0. The molecule has 0 spiro atoms. The molecule has 47 heavy (non-hydrogen) atoms. The first-order valence-electron chi connectivity index (χ1n) is 15.4. The van der Waals surface area contributed by atoms with Crippen molar-refractivity contribution in [1.29, 1.82) is 0 Å². The lowest BCUT2D eigenvalue weighted by Gasteiger charge is -2.52. The van der Waals surface area contributed by atoms with Crippen LogP contribution in [0.1, 0.15) is 89.8 Å². The van der Waals surface area contributed by atoms with Gasteiger partial charge in [0.2, 0.25) is 0 Å². The van der Waals surface area contributed by atoms with E-state index in [2.05, 4.69) is 0 Å². The number of nitrogens with zero attached hydrogens (tertiary/aromatic N) is 3. The van der Waals surface area contributed by atoms with Crippen LogP contribution in [-0.4, -0.2) is 88.6 Å². The van der Waals surface area contributed by atoms with Crippen LogP contribution in [0.4, 0.5) is 0 Å². The number of imide groups is 3. The van der Waals surface area contributed by atoms with E-state index in [0.717, 1.165) is 14.7 Å². The summed E-state index contributed by atoms with van der Waals surface area (Å²) in [5, 5.41) is 0. The van der Waals surface area contributed by atoms with Gasteiger partial charge in [-0.05, 0) is 64.1 Å². The van der Waals surface area contributed by atoms with Crippen LogP contribution < -0.4 is 0 Å². The maximum atomic E-state index is 14.0. The van der Waals surface area contributed by atoms with Crippen molar-refractivity contribution in [3.05, 3.63) is 106 Å². The third-order valence-electron chi connectivity index (χ3n) is 8.75. The summed E-state index contributed by atoms with van der Waals surface area (Å²) in [6.45, 7) is 6.23. The highest BCUT2D eigenvalue weighted by atomic mass is 16.5. The molecule has 3 unspecified atom stereocenters. The maximum Gasteiger partial charge on any atom is 0.263 e. The molecule has 12 nitrogen and oxygen atoms in total. The number of hydrogen-bond acceptors (Lipinski definition) is 9. The van der Waals surface area contributed by atoms with Crippen LogP contribution in [0.2, 0.25) is 0 Å². The SMILES string of the molecule is CCOC(N1C(=O)c2ccccc2C1=O)C(C)(C(OCC)N1C(=O)c2ccccc2C1=O)C(OCC)N1C(=O)c2ccccc2C1=O. The van der Waals surface area contributed by atoms with E-state index in [9.17, 15) is 28.8 Å². The van der Waals surface area contributed by atoms with Crippen molar-refractivity contribution < 1.29 is 43.0 Å². The molecule has 0 bridgehead atoms. The summed E-state index contributed by atoms with van der Waals surface area (Å²) in [4.78, 5) is 86.9. The van der Waals surface area contributed by atoms with Gasteiger partial charge < -0.3 is 14.2 Å². The molecule has 0 fully saturated rings. The minimum atomic E-state index is -1.99. The first kappa shape index (κ1) is 31.9. The molecule has 0 saturated carbocycles. The fraction of sp³-hybridized carbons (Fsp3) is 0.314. The second-order valence-electron chi connectivity index (χ2n) is 11.4. The van der Waals surface area contributed by atoms with Crippen molar-refractivity contribution in [2.24, 2.45) is 5.41 Å². The highest BCUT2D eigenvalue weighted by Gasteiger charge is 2.64. The summed E-state index contributed by atoms with van der Waals surface area (Å²) < 4.78 is 18.8. The van der Waals surface area contributed by atoms with E-state index in [0.29, 0.717) is 0 Å². The fourth-order valence-corrected chi connectivity index (χ4v) is 6.70. The molecule has 3 aliphatic heterocycles. The second-order valence-corrected chi connectivity index (χ2v) is 11.4. The smallest absolute Gasteiger partial charge is 0.263 e. The van der Waals surface area contributed by atoms with Crippen LogP contribution in [0.25, 0.3) is 0 Å². The molecule has 6 rings (SSSR count). The number of benzene rings is 3. The van der Waals surface area contributed by atoms with Crippen molar-refractivity contribution in [2.45, 2.75) is 46.4 Å². The van der Waals surface area contributed by atoms with Gasteiger partial charge in [0.1, 0.15) is 5.41 Å². The fourth-order valence-electron chi connectivity index (χ4n) is 6.70. The molecule has 3 aliphatic rings. The van der Waals surface area contributed by atoms with Gasteiger partial charge in [-0.2, -0.15) is 0 Å². The van der Waals surface area contributed by atoms with Crippen molar-refractivity contribution in [3.8, 4) is 0 Å². The van der Waals surface area contributed by atoms with Gasteiger partial charge in [0.05, 0.1) is 33.4 Å². The number of fused-ring (bicyclic) bond motifs is 3. The monoisotopic (exact) mass is 639 g/mol. The van der Waals surface area contributed by atoms with Crippen LogP contribution >= 0.6 is 0 Å². The lowest BCUT2D eigenvalue weighted by Crippen LogP contribution is -2.69. The average molecular weight is 640 g/mol. The molecule has 242 valence electrons. The van der Waals surface area contributed by atoms with Gasteiger partial charge in [-0.25, -0.2) is 14.7 Å². The average Bonchev–Trinajstić information content (AvgIpc) is 3.60. The molecule has 6 amide bonds. The van der Waals surface area contributed by atoms with Crippen LogP contribution in [0.3, 0.4) is 0 Å². The molecule has 0 saturated heterocycles. The number of carbonyl (C=O) groups excluding carboxylic acids is 6. The zero-order valence-corrected chi connectivity index (χ0v) is 26.3.